The zero-order chi connectivity index (χ0) is 15.1. The maximum atomic E-state index is 6.30. The van der Waals surface area contributed by atoms with Gasteiger partial charge in [-0.3, -0.25) is 0 Å². The molecule has 1 aromatic carbocycles. The molecule has 0 bridgehead atoms. The number of aromatic nitrogens is 1. The number of hydrogen-bond donors (Lipinski definition) is 1. The third-order valence-electron chi connectivity index (χ3n) is 4.05. The molecular weight excluding hydrogens is 376 g/mol. The summed E-state index contributed by atoms with van der Waals surface area (Å²) >= 11 is 6.97. The Morgan fingerprint density at radius 3 is 2.64 bits per heavy atom. The van der Waals surface area contributed by atoms with Crippen LogP contribution < -0.4 is 5.73 Å². The molecule has 2 nitrogen and oxygen atoms in total. The largest absolute Gasteiger partial charge is 0.390 e. The minimum atomic E-state index is 0.934. The fourth-order valence-corrected chi connectivity index (χ4v) is 5.46. The van der Waals surface area contributed by atoms with Crippen LogP contribution in [0.3, 0.4) is 0 Å². The summed E-state index contributed by atoms with van der Waals surface area (Å²) in [6, 6.07) is 8.37. The minimum Gasteiger partial charge on any atom is -0.390 e. The van der Waals surface area contributed by atoms with Crippen LogP contribution in [0.1, 0.15) is 23.3 Å². The lowest BCUT2D eigenvalue weighted by molar-refractivity contribution is 0.698. The Hall–Kier alpha value is -1.17. The number of nitrogen functional groups attached to an aromatic ring is 1. The zero-order valence-electron chi connectivity index (χ0n) is 11.9. The van der Waals surface area contributed by atoms with Gasteiger partial charge in [0.05, 0.1) is 9.88 Å². The predicted octanol–water partition coefficient (Wildman–Crippen LogP) is 5.76. The van der Waals surface area contributed by atoms with Gasteiger partial charge in [0.25, 0.3) is 0 Å². The van der Waals surface area contributed by atoms with E-state index >= 15 is 0 Å². The van der Waals surface area contributed by atoms with E-state index in [0.29, 0.717) is 0 Å². The molecule has 0 saturated heterocycles. The molecule has 0 saturated carbocycles. The molecule has 0 fully saturated rings. The Balaban J connectivity index is 1.76. The number of nitrogens with zero attached hydrogens (tertiary/aromatic N) is 1. The number of rotatable bonds is 2. The van der Waals surface area contributed by atoms with Crippen molar-refractivity contribution in [1.82, 2.24) is 4.98 Å². The van der Waals surface area contributed by atoms with Crippen molar-refractivity contribution in [2.24, 2.45) is 0 Å². The van der Waals surface area contributed by atoms with Gasteiger partial charge in [0, 0.05) is 21.1 Å². The van der Waals surface area contributed by atoms with Crippen molar-refractivity contribution in [3.05, 3.63) is 45.4 Å². The second kappa shape index (κ2) is 5.80. The Kier molecular flexibility index (Phi) is 3.80. The molecule has 112 valence electrons. The lowest BCUT2D eigenvalue weighted by Crippen LogP contribution is -1.99. The highest BCUT2D eigenvalue weighted by Gasteiger charge is 2.22. The monoisotopic (exact) mass is 390 g/mol. The van der Waals surface area contributed by atoms with Gasteiger partial charge in [-0.1, -0.05) is 28.1 Å². The number of thiazole rings is 1. The summed E-state index contributed by atoms with van der Waals surface area (Å²) in [5.41, 5.74) is 10.2. The van der Waals surface area contributed by atoms with E-state index in [4.69, 9.17) is 5.73 Å². The lowest BCUT2D eigenvalue weighted by Gasteiger charge is -2.11. The van der Waals surface area contributed by atoms with E-state index in [0.717, 1.165) is 20.9 Å². The maximum Gasteiger partial charge on any atom is 0.127 e. The quantitative estimate of drug-likeness (QED) is 0.603. The van der Waals surface area contributed by atoms with Crippen LogP contribution in [0.15, 0.2) is 34.9 Å². The second-order valence-electron chi connectivity index (χ2n) is 5.49. The molecule has 0 aliphatic heterocycles. The van der Waals surface area contributed by atoms with Crippen LogP contribution in [-0.4, -0.2) is 4.98 Å². The summed E-state index contributed by atoms with van der Waals surface area (Å²) in [6.45, 7) is 0. The van der Waals surface area contributed by atoms with Crippen molar-refractivity contribution in [1.29, 1.82) is 0 Å². The number of benzene rings is 1. The standard InChI is InChI=1S/C17H15BrN2S2/c18-11-7-5-10(6-8-11)14-9-20-17(22-14)15-12-3-1-2-4-13(12)21-16(15)19/h5-9H,1-4,19H2. The fourth-order valence-electron chi connectivity index (χ4n) is 2.96. The SMILES string of the molecule is Nc1sc2c(c1-c1ncc(-c3ccc(Br)cc3)s1)CCCC2. The smallest absolute Gasteiger partial charge is 0.127 e. The van der Waals surface area contributed by atoms with Gasteiger partial charge in [-0.2, -0.15) is 0 Å². The minimum absolute atomic E-state index is 0.934. The van der Waals surface area contributed by atoms with E-state index in [1.165, 1.54) is 45.7 Å². The van der Waals surface area contributed by atoms with Crippen LogP contribution >= 0.6 is 38.6 Å². The summed E-state index contributed by atoms with van der Waals surface area (Å²) in [7, 11) is 0. The average molecular weight is 391 g/mol. The maximum absolute atomic E-state index is 6.30. The zero-order valence-corrected chi connectivity index (χ0v) is 15.2. The van der Waals surface area contributed by atoms with Gasteiger partial charge in [0.2, 0.25) is 0 Å². The van der Waals surface area contributed by atoms with Crippen molar-refractivity contribution in [3.8, 4) is 21.0 Å². The van der Waals surface area contributed by atoms with Crippen LogP contribution in [0.25, 0.3) is 21.0 Å². The first-order valence-electron chi connectivity index (χ1n) is 7.34. The Morgan fingerprint density at radius 1 is 1.05 bits per heavy atom. The third kappa shape index (κ3) is 2.51. The topological polar surface area (TPSA) is 38.9 Å². The first-order chi connectivity index (χ1) is 10.7. The van der Waals surface area contributed by atoms with Gasteiger partial charge < -0.3 is 5.73 Å². The highest BCUT2D eigenvalue weighted by Crippen LogP contribution is 2.44. The molecule has 1 aliphatic carbocycles. The lowest BCUT2D eigenvalue weighted by atomic mass is 9.96. The van der Waals surface area contributed by atoms with Gasteiger partial charge in [-0.15, -0.1) is 22.7 Å². The predicted molar refractivity (Wildman–Crippen MR) is 99.6 cm³/mol. The highest BCUT2D eigenvalue weighted by molar-refractivity contribution is 9.10. The number of anilines is 1. The molecule has 0 atom stereocenters. The molecule has 0 radical (unpaired) electrons. The molecule has 1 aliphatic rings. The van der Waals surface area contributed by atoms with Crippen LogP contribution in [0, 0.1) is 0 Å². The highest BCUT2D eigenvalue weighted by atomic mass is 79.9. The number of hydrogen-bond acceptors (Lipinski definition) is 4. The van der Waals surface area contributed by atoms with E-state index < -0.39 is 0 Å². The van der Waals surface area contributed by atoms with Crippen LogP contribution in [0.2, 0.25) is 0 Å². The molecule has 2 heterocycles. The molecule has 3 aromatic rings. The first-order valence-corrected chi connectivity index (χ1v) is 9.77. The van der Waals surface area contributed by atoms with Gasteiger partial charge in [-0.05, 0) is 48.9 Å². The summed E-state index contributed by atoms with van der Waals surface area (Å²) in [5.74, 6) is 0. The molecule has 0 spiro atoms. The number of fused-ring (bicyclic) bond motifs is 1. The van der Waals surface area contributed by atoms with E-state index in [-0.39, 0.29) is 0 Å². The summed E-state index contributed by atoms with van der Waals surface area (Å²) < 4.78 is 1.09. The Morgan fingerprint density at radius 2 is 1.82 bits per heavy atom. The van der Waals surface area contributed by atoms with Crippen LogP contribution in [-0.2, 0) is 12.8 Å². The number of aryl methyl sites for hydroxylation is 1. The van der Waals surface area contributed by atoms with Crippen molar-refractivity contribution >= 4 is 43.6 Å². The van der Waals surface area contributed by atoms with Gasteiger partial charge in [0.15, 0.2) is 0 Å². The summed E-state index contributed by atoms with van der Waals surface area (Å²) in [4.78, 5) is 7.32. The number of thiophene rings is 1. The van der Waals surface area contributed by atoms with E-state index in [2.05, 4.69) is 45.2 Å². The van der Waals surface area contributed by atoms with Crippen molar-refractivity contribution in [3.63, 3.8) is 0 Å². The molecule has 2 aromatic heterocycles. The second-order valence-corrected chi connectivity index (χ2v) is 8.57. The van der Waals surface area contributed by atoms with Gasteiger partial charge in [0.1, 0.15) is 5.01 Å². The molecule has 5 heteroatoms. The van der Waals surface area contributed by atoms with Crippen LogP contribution in [0.5, 0.6) is 0 Å². The summed E-state index contributed by atoms with van der Waals surface area (Å²) in [5, 5.41) is 2.00. The number of nitrogens with two attached hydrogens (primary N) is 1. The normalized spacial score (nSPS) is 14.0. The number of halogens is 1. The average Bonchev–Trinajstić information content (AvgIpc) is 3.11. The van der Waals surface area contributed by atoms with Crippen molar-refractivity contribution < 1.29 is 0 Å². The first kappa shape index (κ1) is 14.4. The molecule has 22 heavy (non-hydrogen) atoms. The molecule has 0 amide bonds. The Labute approximate surface area is 146 Å². The Bertz CT molecular complexity index is 818. The van der Waals surface area contributed by atoms with E-state index in [1.54, 1.807) is 22.7 Å². The van der Waals surface area contributed by atoms with Crippen molar-refractivity contribution in [2.75, 3.05) is 5.73 Å². The fraction of sp³-hybridized carbons (Fsp3) is 0.235. The van der Waals surface area contributed by atoms with Gasteiger partial charge >= 0.3 is 0 Å². The molecule has 0 unspecified atom stereocenters. The van der Waals surface area contributed by atoms with E-state index in [9.17, 15) is 0 Å². The molecule has 4 rings (SSSR count). The van der Waals surface area contributed by atoms with Crippen LogP contribution in [0.4, 0.5) is 5.00 Å². The van der Waals surface area contributed by atoms with E-state index in [1.807, 2.05) is 6.20 Å². The van der Waals surface area contributed by atoms with Gasteiger partial charge in [-0.25, -0.2) is 4.98 Å². The summed E-state index contributed by atoms with van der Waals surface area (Å²) in [6.07, 6.45) is 6.84. The third-order valence-corrected chi connectivity index (χ3v) is 6.76. The molecule has 2 N–H and O–H groups in total. The molecular formula is C17H15BrN2S2. The van der Waals surface area contributed by atoms with Crippen molar-refractivity contribution in [2.45, 2.75) is 25.7 Å².